The number of methoxy groups -OCH3 is 1. The third kappa shape index (κ3) is 5.31. The Labute approximate surface area is 145 Å². The number of hydrogen-bond acceptors (Lipinski definition) is 4. The van der Waals surface area contributed by atoms with Crippen LogP contribution in [0, 0.1) is 6.92 Å². The van der Waals surface area contributed by atoms with Crippen LogP contribution in [0.4, 0.5) is 11.4 Å². The molecule has 0 atom stereocenters. The third-order valence-electron chi connectivity index (χ3n) is 3.20. The fourth-order valence-electron chi connectivity index (χ4n) is 2.02. The van der Waals surface area contributed by atoms with Gasteiger partial charge in [0.2, 0.25) is 11.8 Å². The summed E-state index contributed by atoms with van der Waals surface area (Å²) in [4.78, 5) is 24.5. The van der Waals surface area contributed by atoms with Crippen molar-refractivity contribution < 1.29 is 14.3 Å². The summed E-state index contributed by atoms with van der Waals surface area (Å²) in [5, 5.41) is 5.51. The molecular formula is C18H20N2O3S. The van der Waals surface area contributed by atoms with Crippen LogP contribution in [-0.2, 0) is 9.59 Å². The molecule has 0 heterocycles. The monoisotopic (exact) mass is 344 g/mol. The first kappa shape index (κ1) is 17.9. The molecule has 0 aliphatic heterocycles. The molecule has 6 heteroatoms. The predicted molar refractivity (Wildman–Crippen MR) is 97.8 cm³/mol. The lowest BCUT2D eigenvalue weighted by molar-refractivity contribution is -0.115. The molecule has 5 nitrogen and oxygen atoms in total. The first-order chi connectivity index (χ1) is 11.5. The number of thioether (sulfide) groups is 1. The molecule has 2 aromatic rings. The lowest BCUT2D eigenvalue weighted by Gasteiger charge is -2.13. The van der Waals surface area contributed by atoms with Crippen molar-refractivity contribution in [3.05, 3.63) is 48.0 Å². The Hall–Kier alpha value is -2.47. The molecule has 24 heavy (non-hydrogen) atoms. The second-order valence-electron chi connectivity index (χ2n) is 5.24. The van der Waals surface area contributed by atoms with E-state index in [4.69, 9.17) is 4.74 Å². The zero-order valence-electron chi connectivity index (χ0n) is 13.9. The number of carbonyl (C=O) groups excluding carboxylic acids is 2. The largest absolute Gasteiger partial charge is 0.497 e. The molecule has 0 aliphatic carbocycles. The van der Waals surface area contributed by atoms with Gasteiger partial charge < -0.3 is 15.4 Å². The van der Waals surface area contributed by atoms with Gasteiger partial charge in [-0.15, -0.1) is 11.8 Å². The highest BCUT2D eigenvalue weighted by atomic mass is 32.2. The summed E-state index contributed by atoms with van der Waals surface area (Å²) in [5.74, 6) is 0.524. The van der Waals surface area contributed by atoms with Crippen LogP contribution in [0.5, 0.6) is 5.75 Å². The number of rotatable bonds is 6. The second kappa shape index (κ2) is 8.40. The van der Waals surface area contributed by atoms with E-state index < -0.39 is 0 Å². The van der Waals surface area contributed by atoms with Gasteiger partial charge in [0.05, 0.1) is 24.2 Å². The molecule has 2 amide bonds. The van der Waals surface area contributed by atoms with Gasteiger partial charge >= 0.3 is 0 Å². The van der Waals surface area contributed by atoms with E-state index in [9.17, 15) is 9.59 Å². The zero-order valence-corrected chi connectivity index (χ0v) is 14.7. The third-order valence-corrected chi connectivity index (χ3v) is 4.21. The molecule has 0 fully saturated rings. The Balaban J connectivity index is 2.03. The first-order valence-corrected chi connectivity index (χ1v) is 8.41. The molecule has 2 N–H and O–H groups in total. The van der Waals surface area contributed by atoms with Crippen LogP contribution in [0.25, 0.3) is 0 Å². The van der Waals surface area contributed by atoms with E-state index in [1.165, 1.54) is 24.2 Å². The lowest BCUT2D eigenvalue weighted by atomic mass is 10.2. The van der Waals surface area contributed by atoms with Gasteiger partial charge in [0, 0.05) is 17.9 Å². The number of nitrogens with one attached hydrogen (secondary N) is 2. The molecule has 0 saturated heterocycles. The topological polar surface area (TPSA) is 67.4 Å². The van der Waals surface area contributed by atoms with Gasteiger partial charge in [-0.25, -0.2) is 0 Å². The number of carbonyl (C=O) groups is 2. The van der Waals surface area contributed by atoms with Gasteiger partial charge in [0.25, 0.3) is 0 Å². The number of benzene rings is 2. The number of ether oxygens (including phenoxy) is 1. The van der Waals surface area contributed by atoms with E-state index in [2.05, 4.69) is 10.6 Å². The van der Waals surface area contributed by atoms with E-state index in [0.29, 0.717) is 17.1 Å². The highest BCUT2D eigenvalue weighted by molar-refractivity contribution is 8.00. The van der Waals surface area contributed by atoms with Crippen molar-refractivity contribution in [1.82, 2.24) is 0 Å². The Morgan fingerprint density at radius 1 is 1.04 bits per heavy atom. The summed E-state index contributed by atoms with van der Waals surface area (Å²) in [6.45, 7) is 3.44. The molecule has 0 unspecified atom stereocenters. The number of aryl methyl sites for hydroxylation is 1. The van der Waals surface area contributed by atoms with Gasteiger partial charge in [-0.3, -0.25) is 9.59 Å². The Bertz CT molecular complexity index is 730. The van der Waals surface area contributed by atoms with Crippen LogP contribution < -0.4 is 15.4 Å². The van der Waals surface area contributed by atoms with Gasteiger partial charge in [-0.2, -0.15) is 0 Å². The van der Waals surface area contributed by atoms with E-state index in [-0.39, 0.29) is 17.6 Å². The first-order valence-electron chi connectivity index (χ1n) is 7.43. The molecule has 0 bridgehead atoms. The molecule has 0 saturated carbocycles. The molecule has 126 valence electrons. The summed E-state index contributed by atoms with van der Waals surface area (Å²) in [7, 11) is 1.55. The Kier molecular flexibility index (Phi) is 6.26. The van der Waals surface area contributed by atoms with Crippen LogP contribution in [0.2, 0.25) is 0 Å². The minimum Gasteiger partial charge on any atom is -0.497 e. The highest BCUT2D eigenvalue weighted by Crippen LogP contribution is 2.27. The molecule has 0 radical (unpaired) electrons. The zero-order chi connectivity index (χ0) is 17.5. The van der Waals surface area contributed by atoms with Crippen molar-refractivity contribution in [1.29, 1.82) is 0 Å². The summed E-state index contributed by atoms with van der Waals surface area (Å²) < 4.78 is 5.17. The summed E-state index contributed by atoms with van der Waals surface area (Å²) in [6, 6.07) is 13.1. The molecule has 2 rings (SSSR count). The average Bonchev–Trinajstić information content (AvgIpc) is 2.55. The number of anilines is 2. The summed E-state index contributed by atoms with van der Waals surface area (Å²) >= 11 is 1.46. The molecule has 0 aliphatic rings. The standard InChI is InChI=1S/C18H20N2O3S/c1-12-4-7-15(8-5-12)24-11-18(22)20-17-10-14(23-3)6-9-16(17)19-13(2)21/h4-10H,11H2,1-3H3,(H,19,21)(H,20,22). The fraction of sp³-hybridized carbons (Fsp3) is 0.222. The van der Waals surface area contributed by atoms with Crippen molar-refractivity contribution in [2.45, 2.75) is 18.7 Å². The lowest BCUT2D eigenvalue weighted by Crippen LogP contribution is -2.16. The normalized spacial score (nSPS) is 10.1. The van der Waals surface area contributed by atoms with Crippen LogP contribution in [-0.4, -0.2) is 24.7 Å². The number of hydrogen-bond donors (Lipinski definition) is 2. The van der Waals surface area contributed by atoms with Crippen LogP contribution in [0.15, 0.2) is 47.4 Å². The average molecular weight is 344 g/mol. The minimum atomic E-state index is -0.204. The van der Waals surface area contributed by atoms with Crippen LogP contribution >= 0.6 is 11.8 Å². The summed E-state index contributed by atoms with van der Waals surface area (Å²) in [6.07, 6.45) is 0. The van der Waals surface area contributed by atoms with E-state index in [1.54, 1.807) is 25.3 Å². The Morgan fingerprint density at radius 2 is 1.75 bits per heavy atom. The van der Waals surface area contributed by atoms with Crippen molar-refractivity contribution >= 4 is 35.0 Å². The Morgan fingerprint density at radius 3 is 2.38 bits per heavy atom. The van der Waals surface area contributed by atoms with Gasteiger partial charge in [-0.1, -0.05) is 17.7 Å². The van der Waals surface area contributed by atoms with Crippen molar-refractivity contribution in [3.63, 3.8) is 0 Å². The van der Waals surface area contributed by atoms with E-state index in [0.717, 1.165) is 4.90 Å². The SMILES string of the molecule is COc1ccc(NC(C)=O)c(NC(=O)CSc2ccc(C)cc2)c1. The van der Waals surface area contributed by atoms with Crippen LogP contribution in [0.3, 0.4) is 0 Å². The molecule has 0 spiro atoms. The maximum Gasteiger partial charge on any atom is 0.234 e. The van der Waals surface area contributed by atoms with Crippen molar-refractivity contribution in [2.24, 2.45) is 0 Å². The van der Waals surface area contributed by atoms with Crippen LogP contribution in [0.1, 0.15) is 12.5 Å². The number of amides is 2. The minimum absolute atomic E-state index is 0.152. The maximum atomic E-state index is 12.2. The van der Waals surface area contributed by atoms with Crippen molar-refractivity contribution in [2.75, 3.05) is 23.5 Å². The van der Waals surface area contributed by atoms with E-state index >= 15 is 0 Å². The maximum absolute atomic E-state index is 12.2. The fourth-order valence-corrected chi connectivity index (χ4v) is 2.72. The highest BCUT2D eigenvalue weighted by Gasteiger charge is 2.10. The smallest absolute Gasteiger partial charge is 0.234 e. The van der Waals surface area contributed by atoms with Gasteiger partial charge in [0.1, 0.15) is 5.75 Å². The van der Waals surface area contributed by atoms with Gasteiger partial charge in [-0.05, 0) is 31.2 Å². The van der Waals surface area contributed by atoms with Crippen molar-refractivity contribution in [3.8, 4) is 5.75 Å². The second-order valence-corrected chi connectivity index (χ2v) is 6.29. The van der Waals surface area contributed by atoms with Gasteiger partial charge in [0.15, 0.2) is 0 Å². The quantitative estimate of drug-likeness (QED) is 0.784. The molecular weight excluding hydrogens is 324 g/mol. The summed E-state index contributed by atoms with van der Waals surface area (Å²) in [5.41, 5.74) is 2.23. The molecule has 2 aromatic carbocycles. The molecule has 0 aromatic heterocycles. The predicted octanol–water partition coefficient (Wildman–Crippen LogP) is 3.69. The van der Waals surface area contributed by atoms with E-state index in [1.807, 2.05) is 31.2 Å².